The molecular formula is C24H20N6O4S. The number of nitrogens with one attached hydrogen (secondary N) is 1. The molecule has 1 N–H and O–H groups in total. The molecule has 4 aromatic rings. The first-order valence-electron chi connectivity index (χ1n) is 10.4. The van der Waals surface area contributed by atoms with E-state index in [1.54, 1.807) is 19.2 Å². The van der Waals surface area contributed by atoms with E-state index in [4.69, 9.17) is 4.74 Å². The SMILES string of the molecule is COc1ccc(-n2c(SCC(=O)NN=Cc3cccc([N+](=O)[O-])c3)nnc2-c2ccccc2)cc1. The molecule has 1 aromatic heterocycles. The summed E-state index contributed by atoms with van der Waals surface area (Å²) >= 11 is 1.21. The van der Waals surface area contributed by atoms with E-state index >= 15 is 0 Å². The fraction of sp³-hybridized carbons (Fsp3) is 0.0833. The molecule has 0 atom stereocenters. The first-order valence-corrected chi connectivity index (χ1v) is 11.4. The van der Waals surface area contributed by atoms with E-state index in [0.29, 0.717) is 16.5 Å². The lowest BCUT2D eigenvalue weighted by atomic mass is 10.2. The summed E-state index contributed by atoms with van der Waals surface area (Å²) in [5, 5.41) is 24.0. The van der Waals surface area contributed by atoms with Gasteiger partial charge in [-0.2, -0.15) is 5.10 Å². The average Bonchev–Trinajstić information content (AvgIpc) is 3.32. The van der Waals surface area contributed by atoms with Crippen molar-refractivity contribution < 1.29 is 14.5 Å². The van der Waals surface area contributed by atoms with Gasteiger partial charge in [0.1, 0.15) is 5.75 Å². The molecule has 4 rings (SSSR count). The standard InChI is InChI=1S/C24H20N6O4S/c1-34-21-12-10-19(11-13-21)29-23(18-7-3-2-4-8-18)27-28-24(29)35-16-22(31)26-25-15-17-6-5-9-20(14-17)30(32)33/h2-15H,16H2,1H3,(H,26,31). The maximum absolute atomic E-state index is 12.4. The third kappa shape index (κ3) is 5.89. The van der Waals surface area contributed by atoms with Crippen LogP contribution in [0.25, 0.3) is 17.1 Å². The Balaban J connectivity index is 1.48. The van der Waals surface area contributed by atoms with Crippen molar-refractivity contribution in [2.75, 3.05) is 12.9 Å². The van der Waals surface area contributed by atoms with E-state index in [2.05, 4.69) is 20.7 Å². The normalized spacial score (nSPS) is 10.9. The number of amides is 1. The predicted octanol–water partition coefficient (Wildman–Crippen LogP) is 4.09. The number of nitrogens with zero attached hydrogens (tertiary/aromatic N) is 5. The molecule has 10 nitrogen and oxygen atoms in total. The molecule has 0 unspecified atom stereocenters. The van der Waals surface area contributed by atoms with Crippen molar-refractivity contribution in [2.24, 2.45) is 5.10 Å². The van der Waals surface area contributed by atoms with Crippen LogP contribution in [-0.4, -0.2) is 44.7 Å². The molecule has 0 spiro atoms. The number of rotatable bonds is 9. The smallest absolute Gasteiger partial charge is 0.270 e. The number of carbonyl (C=O) groups is 1. The van der Waals surface area contributed by atoms with Gasteiger partial charge in [0.15, 0.2) is 11.0 Å². The zero-order chi connectivity index (χ0) is 24.6. The monoisotopic (exact) mass is 488 g/mol. The lowest BCUT2D eigenvalue weighted by Gasteiger charge is -2.11. The fourth-order valence-electron chi connectivity index (χ4n) is 3.16. The van der Waals surface area contributed by atoms with Gasteiger partial charge in [-0.15, -0.1) is 10.2 Å². The summed E-state index contributed by atoms with van der Waals surface area (Å²) in [6.07, 6.45) is 1.35. The highest BCUT2D eigenvalue weighted by atomic mass is 32.2. The van der Waals surface area contributed by atoms with Gasteiger partial charge in [0.25, 0.3) is 11.6 Å². The van der Waals surface area contributed by atoms with Gasteiger partial charge in [-0.05, 0) is 24.3 Å². The Morgan fingerprint density at radius 1 is 1.11 bits per heavy atom. The fourth-order valence-corrected chi connectivity index (χ4v) is 3.91. The molecule has 0 bridgehead atoms. The van der Waals surface area contributed by atoms with E-state index in [1.165, 1.54) is 30.1 Å². The Hall–Kier alpha value is -4.51. The zero-order valence-electron chi connectivity index (χ0n) is 18.6. The van der Waals surface area contributed by atoms with Gasteiger partial charge in [-0.1, -0.05) is 54.2 Å². The average molecular weight is 489 g/mol. The third-order valence-electron chi connectivity index (χ3n) is 4.81. The summed E-state index contributed by atoms with van der Waals surface area (Å²) < 4.78 is 7.13. The molecule has 0 aliphatic rings. The second kappa shape index (κ2) is 11.1. The van der Waals surface area contributed by atoms with Gasteiger partial charge in [-0.25, -0.2) is 5.43 Å². The van der Waals surface area contributed by atoms with Crippen LogP contribution in [0.3, 0.4) is 0 Å². The number of hydrogen-bond donors (Lipinski definition) is 1. The molecule has 0 saturated heterocycles. The van der Waals surface area contributed by atoms with E-state index in [1.807, 2.05) is 59.2 Å². The predicted molar refractivity (Wildman–Crippen MR) is 133 cm³/mol. The van der Waals surface area contributed by atoms with Gasteiger partial charge in [0.05, 0.1) is 24.0 Å². The Kier molecular flexibility index (Phi) is 7.48. The Morgan fingerprint density at radius 2 is 1.89 bits per heavy atom. The van der Waals surface area contributed by atoms with Crippen molar-refractivity contribution in [1.29, 1.82) is 0 Å². The number of benzene rings is 3. The summed E-state index contributed by atoms with van der Waals surface area (Å²) in [6, 6.07) is 23.1. The van der Waals surface area contributed by atoms with Crippen molar-refractivity contribution in [3.8, 4) is 22.8 Å². The number of ether oxygens (including phenoxy) is 1. The second-order valence-electron chi connectivity index (χ2n) is 7.14. The third-order valence-corrected chi connectivity index (χ3v) is 5.74. The molecule has 35 heavy (non-hydrogen) atoms. The van der Waals surface area contributed by atoms with Crippen LogP contribution < -0.4 is 10.2 Å². The quantitative estimate of drug-likeness (QED) is 0.163. The first-order chi connectivity index (χ1) is 17.0. The number of carbonyl (C=O) groups excluding carboxylic acids is 1. The van der Waals surface area contributed by atoms with Crippen LogP contribution in [0.4, 0.5) is 5.69 Å². The molecule has 0 fully saturated rings. The van der Waals surface area contributed by atoms with Crippen LogP contribution in [0.15, 0.2) is 89.1 Å². The minimum atomic E-state index is -0.491. The highest BCUT2D eigenvalue weighted by Gasteiger charge is 2.17. The van der Waals surface area contributed by atoms with Gasteiger partial charge >= 0.3 is 0 Å². The zero-order valence-corrected chi connectivity index (χ0v) is 19.4. The number of methoxy groups -OCH3 is 1. The second-order valence-corrected chi connectivity index (χ2v) is 8.08. The minimum Gasteiger partial charge on any atom is -0.497 e. The molecule has 11 heteroatoms. The molecule has 1 heterocycles. The van der Waals surface area contributed by atoms with Gasteiger partial charge in [0.2, 0.25) is 0 Å². The first kappa shape index (κ1) is 23.6. The molecule has 0 radical (unpaired) electrons. The lowest BCUT2D eigenvalue weighted by molar-refractivity contribution is -0.384. The molecule has 1 amide bonds. The topological polar surface area (TPSA) is 125 Å². The lowest BCUT2D eigenvalue weighted by Crippen LogP contribution is -2.20. The number of hydrazone groups is 1. The van der Waals surface area contributed by atoms with Crippen LogP contribution in [0.5, 0.6) is 5.75 Å². The number of nitro groups is 1. The van der Waals surface area contributed by atoms with Crippen LogP contribution in [0.1, 0.15) is 5.56 Å². The van der Waals surface area contributed by atoms with Crippen molar-refractivity contribution in [2.45, 2.75) is 5.16 Å². The number of hydrogen-bond acceptors (Lipinski definition) is 8. The molecule has 0 saturated carbocycles. The van der Waals surface area contributed by atoms with Gasteiger partial charge < -0.3 is 4.74 Å². The van der Waals surface area contributed by atoms with Crippen molar-refractivity contribution >= 4 is 29.6 Å². The Bertz CT molecular complexity index is 1360. The molecule has 0 aliphatic heterocycles. The number of thioether (sulfide) groups is 1. The molecule has 0 aliphatic carbocycles. The van der Waals surface area contributed by atoms with Crippen LogP contribution >= 0.6 is 11.8 Å². The van der Waals surface area contributed by atoms with Crippen LogP contribution in [0.2, 0.25) is 0 Å². The van der Waals surface area contributed by atoms with E-state index in [9.17, 15) is 14.9 Å². The van der Waals surface area contributed by atoms with E-state index in [0.717, 1.165) is 17.0 Å². The van der Waals surface area contributed by atoms with Crippen molar-refractivity contribution in [3.05, 3.63) is 94.5 Å². The summed E-state index contributed by atoms with van der Waals surface area (Å²) in [5.74, 6) is 1.04. The largest absolute Gasteiger partial charge is 0.497 e. The van der Waals surface area contributed by atoms with Crippen molar-refractivity contribution in [1.82, 2.24) is 20.2 Å². The Morgan fingerprint density at radius 3 is 2.60 bits per heavy atom. The highest BCUT2D eigenvalue weighted by molar-refractivity contribution is 7.99. The minimum absolute atomic E-state index is 0.0371. The van der Waals surface area contributed by atoms with E-state index < -0.39 is 4.92 Å². The highest BCUT2D eigenvalue weighted by Crippen LogP contribution is 2.28. The molecule has 3 aromatic carbocycles. The maximum atomic E-state index is 12.4. The van der Waals surface area contributed by atoms with Gasteiger partial charge in [-0.3, -0.25) is 19.5 Å². The number of nitro benzene ring substituents is 1. The maximum Gasteiger partial charge on any atom is 0.270 e. The molecular weight excluding hydrogens is 468 g/mol. The summed E-state index contributed by atoms with van der Waals surface area (Å²) in [4.78, 5) is 22.7. The van der Waals surface area contributed by atoms with Crippen LogP contribution in [-0.2, 0) is 4.79 Å². The van der Waals surface area contributed by atoms with Gasteiger partial charge in [0, 0.05) is 28.9 Å². The summed E-state index contributed by atoms with van der Waals surface area (Å²) in [6.45, 7) is 0. The summed E-state index contributed by atoms with van der Waals surface area (Å²) in [5.41, 5.74) is 4.58. The summed E-state index contributed by atoms with van der Waals surface area (Å²) in [7, 11) is 1.60. The van der Waals surface area contributed by atoms with E-state index in [-0.39, 0.29) is 17.3 Å². The molecule has 176 valence electrons. The van der Waals surface area contributed by atoms with Crippen LogP contribution in [0, 0.1) is 10.1 Å². The number of aromatic nitrogens is 3. The Labute approximate surface area is 204 Å². The number of non-ortho nitro benzene ring substituents is 1. The van der Waals surface area contributed by atoms with Crippen molar-refractivity contribution in [3.63, 3.8) is 0 Å².